The van der Waals surface area contributed by atoms with Crippen LogP contribution in [0.2, 0.25) is 0 Å². The van der Waals surface area contributed by atoms with E-state index in [1.54, 1.807) is 12.1 Å². The number of benzene rings is 3. The summed E-state index contributed by atoms with van der Waals surface area (Å²) >= 11 is 0. The number of aryl methyl sites for hydroxylation is 1. The second-order valence-corrected chi connectivity index (χ2v) is 7.31. The molecule has 7 heteroatoms. The number of rotatable bonds is 5. The van der Waals surface area contributed by atoms with E-state index in [0.717, 1.165) is 22.3 Å². The maximum absolute atomic E-state index is 12.7. The molecule has 0 bridgehead atoms. The lowest BCUT2D eigenvalue weighted by Crippen LogP contribution is -2.35. The zero-order valence-corrected chi connectivity index (χ0v) is 17.2. The lowest BCUT2D eigenvalue weighted by atomic mass is 9.93. The molecule has 0 aliphatic heterocycles. The van der Waals surface area contributed by atoms with Crippen molar-refractivity contribution in [3.05, 3.63) is 88.7 Å². The molecule has 0 aliphatic carbocycles. The Morgan fingerprint density at radius 2 is 1.53 bits per heavy atom. The number of pyridine rings is 1. The highest BCUT2D eigenvalue weighted by Crippen LogP contribution is 2.35. The molecule has 3 aromatic carbocycles. The molecule has 0 spiro atoms. The van der Waals surface area contributed by atoms with E-state index < -0.39 is 35.3 Å². The molecule has 7 nitrogen and oxygen atoms in total. The zero-order chi connectivity index (χ0) is 22.8. The number of hydrogen-bond donors (Lipinski definition) is 3. The highest BCUT2D eigenvalue weighted by atomic mass is 16.4. The number of nitrogens with zero attached hydrogens (tertiary/aromatic N) is 1. The van der Waals surface area contributed by atoms with Crippen LogP contribution in [0.1, 0.15) is 10.4 Å². The van der Waals surface area contributed by atoms with Gasteiger partial charge in [-0.05, 0) is 34.4 Å². The van der Waals surface area contributed by atoms with Crippen molar-refractivity contribution in [1.29, 1.82) is 0 Å². The molecule has 160 valence electrons. The Bertz CT molecular complexity index is 1410. The number of amides is 1. The fraction of sp³-hybridized carbons (Fsp3) is 0.0800. The molecule has 1 aromatic heterocycles. The summed E-state index contributed by atoms with van der Waals surface area (Å²) in [5.41, 5.74) is 2.99. The van der Waals surface area contributed by atoms with E-state index in [1.807, 2.05) is 60.7 Å². The van der Waals surface area contributed by atoms with Crippen molar-refractivity contribution in [2.45, 2.75) is 0 Å². The molecule has 0 fully saturated rings. The summed E-state index contributed by atoms with van der Waals surface area (Å²) in [7, 11) is 1.50. The van der Waals surface area contributed by atoms with Gasteiger partial charge in [0.2, 0.25) is 0 Å². The largest absolute Gasteiger partial charge is 0.506 e. The number of carboxylic acid groups (broad SMARTS) is 1. The van der Waals surface area contributed by atoms with Gasteiger partial charge in [0.05, 0.1) is 5.52 Å². The van der Waals surface area contributed by atoms with Crippen molar-refractivity contribution in [3.8, 4) is 28.0 Å². The Morgan fingerprint density at radius 3 is 2.19 bits per heavy atom. The predicted molar refractivity (Wildman–Crippen MR) is 122 cm³/mol. The van der Waals surface area contributed by atoms with E-state index in [1.165, 1.54) is 11.6 Å². The third kappa shape index (κ3) is 3.72. The second-order valence-electron chi connectivity index (χ2n) is 7.31. The molecule has 1 heterocycles. The highest BCUT2D eigenvalue weighted by molar-refractivity contribution is 6.04. The number of hydrogen-bond acceptors (Lipinski definition) is 4. The summed E-state index contributed by atoms with van der Waals surface area (Å²) in [6, 6.07) is 23.0. The smallest absolute Gasteiger partial charge is 0.322 e. The fourth-order valence-corrected chi connectivity index (χ4v) is 3.75. The second kappa shape index (κ2) is 8.39. The molecule has 0 aliphatic rings. The van der Waals surface area contributed by atoms with Gasteiger partial charge in [-0.25, -0.2) is 0 Å². The van der Waals surface area contributed by atoms with Crippen molar-refractivity contribution in [2.75, 3.05) is 6.54 Å². The number of nitrogens with one attached hydrogen (secondary N) is 1. The van der Waals surface area contributed by atoms with Gasteiger partial charge in [0.25, 0.3) is 11.5 Å². The number of carbonyl (C=O) groups is 2. The first kappa shape index (κ1) is 20.9. The van der Waals surface area contributed by atoms with Crippen molar-refractivity contribution < 1.29 is 19.8 Å². The minimum absolute atomic E-state index is 0.313. The number of carbonyl (C=O) groups excluding carboxylic acids is 1. The van der Waals surface area contributed by atoms with E-state index in [2.05, 4.69) is 5.32 Å². The molecule has 0 atom stereocenters. The SMILES string of the molecule is Cn1c(=O)c(C(=O)NCC(=O)O)c(O)c2cc(-c3ccccc3-c3ccccc3)ccc21. The van der Waals surface area contributed by atoms with E-state index in [9.17, 15) is 19.5 Å². The van der Waals surface area contributed by atoms with Crippen LogP contribution in [0.4, 0.5) is 0 Å². The van der Waals surface area contributed by atoms with Gasteiger partial charge >= 0.3 is 5.97 Å². The van der Waals surface area contributed by atoms with Crippen LogP contribution >= 0.6 is 0 Å². The number of aliphatic carboxylic acids is 1. The summed E-state index contributed by atoms with van der Waals surface area (Å²) in [5, 5.41) is 22.1. The van der Waals surface area contributed by atoms with E-state index in [4.69, 9.17) is 5.11 Å². The normalized spacial score (nSPS) is 10.8. The predicted octanol–water partition coefficient (Wildman–Crippen LogP) is 3.39. The molecular formula is C25H20N2O5. The first-order valence-electron chi connectivity index (χ1n) is 9.89. The number of aromatic hydroxyl groups is 1. The van der Waals surface area contributed by atoms with E-state index in [-0.39, 0.29) is 0 Å². The highest BCUT2D eigenvalue weighted by Gasteiger charge is 2.22. The van der Waals surface area contributed by atoms with Gasteiger partial charge < -0.3 is 20.1 Å². The standard InChI is InChI=1S/C25H20N2O5/c1-27-20-12-11-16(18-10-6-5-9-17(18)15-7-3-2-4-8-15)13-19(20)23(30)22(25(27)32)24(31)26-14-21(28)29/h2-13,30H,14H2,1H3,(H,26,31)(H,28,29). The van der Waals surface area contributed by atoms with Crippen LogP contribution in [-0.2, 0) is 11.8 Å². The summed E-state index contributed by atoms with van der Waals surface area (Å²) in [4.78, 5) is 35.9. The average molecular weight is 428 g/mol. The summed E-state index contributed by atoms with van der Waals surface area (Å²) in [5.74, 6) is -2.68. The molecule has 0 unspecified atom stereocenters. The first-order valence-corrected chi connectivity index (χ1v) is 9.89. The first-order chi connectivity index (χ1) is 15.4. The minimum Gasteiger partial charge on any atom is -0.506 e. The summed E-state index contributed by atoms with van der Waals surface area (Å²) in [6.45, 7) is -0.663. The zero-order valence-electron chi connectivity index (χ0n) is 17.2. The van der Waals surface area contributed by atoms with Crippen LogP contribution in [0.25, 0.3) is 33.2 Å². The molecule has 32 heavy (non-hydrogen) atoms. The number of fused-ring (bicyclic) bond motifs is 1. The Labute approximate surface area is 183 Å². The average Bonchev–Trinajstić information content (AvgIpc) is 2.81. The van der Waals surface area contributed by atoms with Gasteiger partial charge in [0.15, 0.2) is 0 Å². The molecule has 3 N–H and O–H groups in total. The van der Waals surface area contributed by atoms with E-state index >= 15 is 0 Å². The Hall–Kier alpha value is -4.39. The molecule has 1 amide bonds. The maximum atomic E-state index is 12.7. The Morgan fingerprint density at radius 1 is 0.906 bits per heavy atom. The van der Waals surface area contributed by atoms with Crippen LogP contribution in [-0.4, -0.2) is 33.2 Å². The van der Waals surface area contributed by atoms with E-state index in [0.29, 0.717) is 10.9 Å². The molecule has 4 rings (SSSR count). The van der Waals surface area contributed by atoms with Gasteiger partial charge in [-0.3, -0.25) is 14.4 Å². The van der Waals surface area contributed by atoms with Crippen LogP contribution in [0, 0.1) is 0 Å². The van der Waals surface area contributed by atoms with Gasteiger partial charge in [-0.15, -0.1) is 0 Å². The van der Waals surface area contributed by atoms with Crippen LogP contribution in [0.5, 0.6) is 5.75 Å². The maximum Gasteiger partial charge on any atom is 0.322 e. The van der Waals surface area contributed by atoms with Gasteiger partial charge in [0.1, 0.15) is 17.9 Å². The third-order valence-electron chi connectivity index (χ3n) is 5.32. The van der Waals surface area contributed by atoms with Crippen molar-refractivity contribution in [2.24, 2.45) is 7.05 Å². The van der Waals surface area contributed by atoms with Crippen LogP contribution in [0.3, 0.4) is 0 Å². The molecular weight excluding hydrogens is 408 g/mol. The van der Waals surface area contributed by atoms with Gasteiger partial charge in [0, 0.05) is 12.4 Å². The number of carboxylic acids is 1. The summed E-state index contributed by atoms with van der Waals surface area (Å²) in [6.07, 6.45) is 0. The summed E-state index contributed by atoms with van der Waals surface area (Å²) < 4.78 is 1.26. The van der Waals surface area contributed by atoms with Gasteiger partial charge in [-0.1, -0.05) is 60.7 Å². The lowest BCUT2D eigenvalue weighted by molar-refractivity contribution is -0.135. The monoisotopic (exact) mass is 428 g/mol. The van der Waals surface area contributed by atoms with Crippen molar-refractivity contribution >= 4 is 22.8 Å². The van der Waals surface area contributed by atoms with Crippen LogP contribution < -0.4 is 10.9 Å². The molecule has 0 saturated heterocycles. The van der Waals surface area contributed by atoms with Gasteiger partial charge in [-0.2, -0.15) is 0 Å². The lowest BCUT2D eigenvalue weighted by Gasteiger charge is -2.14. The number of aromatic nitrogens is 1. The molecule has 4 aromatic rings. The minimum atomic E-state index is -1.25. The van der Waals surface area contributed by atoms with Crippen molar-refractivity contribution in [3.63, 3.8) is 0 Å². The van der Waals surface area contributed by atoms with Crippen molar-refractivity contribution in [1.82, 2.24) is 9.88 Å². The topological polar surface area (TPSA) is 109 Å². The molecule has 0 saturated carbocycles. The Balaban J connectivity index is 1.90. The fourth-order valence-electron chi connectivity index (χ4n) is 3.75. The van der Waals surface area contributed by atoms with Crippen LogP contribution in [0.15, 0.2) is 77.6 Å². The quantitative estimate of drug-likeness (QED) is 0.452. The third-order valence-corrected chi connectivity index (χ3v) is 5.32. The molecule has 0 radical (unpaired) electrons. The Kier molecular flexibility index (Phi) is 5.47.